The van der Waals surface area contributed by atoms with Crippen molar-refractivity contribution in [3.63, 3.8) is 0 Å². The Balaban J connectivity index is 2.51. The predicted molar refractivity (Wildman–Crippen MR) is 124 cm³/mol. The number of nitrogens with zero attached hydrogens (tertiary/aromatic N) is 1. The Morgan fingerprint density at radius 3 is 2.21 bits per heavy atom. The number of nitrogens with one attached hydrogen (secondary N) is 1. The van der Waals surface area contributed by atoms with Crippen LogP contribution in [-0.2, 0) is 6.54 Å². The molecule has 4 nitrogen and oxygen atoms in total. The second kappa shape index (κ2) is 15.1. The van der Waals surface area contributed by atoms with Crippen molar-refractivity contribution in [2.45, 2.75) is 79.4 Å². The van der Waals surface area contributed by atoms with Crippen LogP contribution in [0.15, 0.2) is 16.6 Å². The maximum Gasteiger partial charge on any atom is 0.175 e. The largest absolute Gasteiger partial charge is 0.490 e. The number of unbranched alkanes of at least 4 members (excludes halogenated alkanes) is 2. The fourth-order valence-corrected chi connectivity index (χ4v) is 3.68. The molecule has 0 atom stereocenters. The summed E-state index contributed by atoms with van der Waals surface area (Å²) in [4.78, 5) is 2.62. The molecular formula is C23H41BrN2O2. The van der Waals surface area contributed by atoms with Gasteiger partial charge in [-0.2, -0.15) is 0 Å². The summed E-state index contributed by atoms with van der Waals surface area (Å²) in [5, 5.41) is 3.58. The van der Waals surface area contributed by atoms with E-state index in [4.69, 9.17) is 9.47 Å². The Morgan fingerprint density at radius 1 is 1.00 bits per heavy atom. The van der Waals surface area contributed by atoms with Crippen molar-refractivity contribution in [1.29, 1.82) is 0 Å². The lowest BCUT2D eigenvalue weighted by Crippen LogP contribution is -2.29. The normalized spacial score (nSPS) is 11.4. The van der Waals surface area contributed by atoms with E-state index < -0.39 is 0 Å². The molecule has 0 aromatic heterocycles. The number of rotatable bonds is 16. The minimum atomic E-state index is 0.114. The summed E-state index contributed by atoms with van der Waals surface area (Å²) in [5.74, 6) is 1.61. The molecule has 0 aliphatic carbocycles. The van der Waals surface area contributed by atoms with Gasteiger partial charge in [0.2, 0.25) is 0 Å². The van der Waals surface area contributed by atoms with Crippen LogP contribution < -0.4 is 14.8 Å². The molecule has 0 spiro atoms. The third kappa shape index (κ3) is 10.1. The lowest BCUT2D eigenvalue weighted by Gasteiger charge is -2.22. The lowest BCUT2D eigenvalue weighted by molar-refractivity contribution is 0.222. The molecule has 28 heavy (non-hydrogen) atoms. The maximum absolute atomic E-state index is 5.92. The Morgan fingerprint density at radius 2 is 1.64 bits per heavy atom. The van der Waals surface area contributed by atoms with Crippen molar-refractivity contribution < 1.29 is 9.47 Å². The number of hydrogen-bond donors (Lipinski definition) is 1. The van der Waals surface area contributed by atoms with Crippen LogP contribution >= 0.6 is 15.9 Å². The zero-order valence-corrected chi connectivity index (χ0v) is 20.2. The Labute approximate surface area is 181 Å². The quantitative estimate of drug-likeness (QED) is 0.308. The highest BCUT2D eigenvalue weighted by Gasteiger charge is 2.13. The Hall–Kier alpha value is -0.780. The van der Waals surface area contributed by atoms with Gasteiger partial charge in [-0.15, -0.1) is 0 Å². The molecule has 1 rings (SSSR count). The maximum atomic E-state index is 5.92. The van der Waals surface area contributed by atoms with Gasteiger partial charge in [0.25, 0.3) is 0 Å². The first kappa shape index (κ1) is 25.3. The molecule has 0 radical (unpaired) electrons. The first-order valence-corrected chi connectivity index (χ1v) is 11.9. The average Bonchev–Trinajstić information content (AvgIpc) is 2.65. The average molecular weight is 457 g/mol. The van der Waals surface area contributed by atoms with Gasteiger partial charge in [0.05, 0.1) is 17.2 Å². The predicted octanol–water partition coefficient (Wildman–Crippen LogP) is 6.02. The molecule has 0 saturated heterocycles. The third-order valence-corrected chi connectivity index (χ3v) is 5.12. The van der Waals surface area contributed by atoms with E-state index in [1.54, 1.807) is 0 Å². The third-order valence-electron chi connectivity index (χ3n) is 4.54. The van der Waals surface area contributed by atoms with Gasteiger partial charge in [0.15, 0.2) is 11.5 Å². The minimum Gasteiger partial charge on any atom is -0.490 e. The van der Waals surface area contributed by atoms with Crippen LogP contribution in [0.1, 0.15) is 72.3 Å². The first-order valence-electron chi connectivity index (χ1n) is 11.1. The van der Waals surface area contributed by atoms with E-state index >= 15 is 0 Å². The summed E-state index contributed by atoms with van der Waals surface area (Å²) in [5.41, 5.74) is 1.21. The van der Waals surface area contributed by atoms with E-state index in [0.29, 0.717) is 6.61 Å². The summed E-state index contributed by atoms with van der Waals surface area (Å²) in [6.45, 7) is 16.7. The van der Waals surface area contributed by atoms with Gasteiger partial charge in [-0.1, -0.05) is 26.7 Å². The SMILES string of the molecule is CCCCN(CCCC)CCCNCc1cc(Br)c(OC(C)C)c(OCC)c1. The Bertz CT molecular complexity index is 530. The van der Waals surface area contributed by atoms with Gasteiger partial charge in [0.1, 0.15) is 0 Å². The van der Waals surface area contributed by atoms with Crippen molar-refractivity contribution in [3.8, 4) is 11.5 Å². The summed E-state index contributed by atoms with van der Waals surface area (Å²) >= 11 is 3.65. The number of benzene rings is 1. The van der Waals surface area contributed by atoms with Gasteiger partial charge >= 0.3 is 0 Å². The van der Waals surface area contributed by atoms with Crippen LogP contribution in [-0.4, -0.2) is 43.8 Å². The monoisotopic (exact) mass is 456 g/mol. The molecule has 0 amide bonds. The molecule has 1 N–H and O–H groups in total. The highest BCUT2D eigenvalue weighted by molar-refractivity contribution is 9.10. The van der Waals surface area contributed by atoms with E-state index in [0.717, 1.165) is 29.1 Å². The van der Waals surface area contributed by atoms with Crippen LogP contribution in [0.5, 0.6) is 11.5 Å². The zero-order valence-electron chi connectivity index (χ0n) is 18.7. The van der Waals surface area contributed by atoms with Crippen LogP contribution in [0.3, 0.4) is 0 Å². The molecule has 1 aromatic carbocycles. The van der Waals surface area contributed by atoms with E-state index in [1.807, 2.05) is 20.8 Å². The summed E-state index contributed by atoms with van der Waals surface area (Å²) < 4.78 is 12.7. The molecule has 1 aromatic rings. The number of halogens is 1. The first-order chi connectivity index (χ1) is 13.5. The summed E-state index contributed by atoms with van der Waals surface area (Å²) in [7, 11) is 0. The van der Waals surface area contributed by atoms with Gasteiger partial charge in [0, 0.05) is 6.54 Å². The van der Waals surface area contributed by atoms with Gasteiger partial charge < -0.3 is 19.7 Å². The van der Waals surface area contributed by atoms with Crippen LogP contribution in [0.2, 0.25) is 0 Å². The second-order valence-electron chi connectivity index (χ2n) is 7.58. The van der Waals surface area contributed by atoms with Crippen molar-refractivity contribution >= 4 is 15.9 Å². The van der Waals surface area contributed by atoms with Crippen LogP contribution in [0, 0.1) is 0 Å². The zero-order chi connectivity index (χ0) is 20.8. The smallest absolute Gasteiger partial charge is 0.175 e. The lowest BCUT2D eigenvalue weighted by atomic mass is 10.2. The second-order valence-corrected chi connectivity index (χ2v) is 8.44. The van der Waals surface area contributed by atoms with Gasteiger partial charge in [-0.25, -0.2) is 0 Å². The van der Waals surface area contributed by atoms with Crippen LogP contribution in [0.4, 0.5) is 0 Å². The van der Waals surface area contributed by atoms with Gasteiger partial charge in [-0.05, 0) is 99.8 Å². The fourth-order valence-electron chi connectivity index (χ4n) is 3.10. The van der Waals surface area contributed by atoms with Crippen molar-refractivity contribution in [2.24, 2.45) is 0 Å². The molecule has 5 heteroatoms. The molecule has 0 heterocycles. The van der Waals surface area contributed by atoms with Crippen molar-refractivity contribution in [1.82, 2.24) is 10.2 Å². The van der Waals surface area contributed by atoms with E-state index in [1.165, 1.54) is 57.3 Å². The van der Waals surface area contributed by atoms with Crippen molar-refractivity contribution in [2.75, 3.05) is 32.8 Å². The highest BCUT2D eigenvalue weighted by atomic mass is 79.9. The fraction of sp³-hybridized carbons (Fsp3) is 0.739. The topological polar surface area (TPSA) is 33.7 Å². The highest BCUT2D eigenvalue weighted by Crippen LogP contribution is 2.37. The molecule has 0 bridgehead atoms. The number of ether oxygens (including phenoxy) is 2. The molecule has 0 aliphatic rings. The molecule has 0 unspecified atom stereocenters. The summed E-state index contributed by atoms with van der Waals surface area (Å²) in [6, 6.07) is 4.22. The van der Waals surface area contributed by atoms with Crippen LogP contribution in [0.25, 0.3) is 0 Å². The number of hydrogen-bond acceptors (Lipinski definition) is 4. The van der Waals surface area contributed by atoms with Crippen molar-refractivity contribution in [3.05, 3.63) is 22.2 Å². The molecule has 0 fully saturated rings. The molecule has 0 saturated carbocycles. The summed E-state index contributed by atoms with van der Waals surface area (Å²) in [6.07, 6.45) is 6.44. The Kier molecular flexibility index (Phi) is 13.6. The van der Waals surface area contributed by atoms with E-state index in [-0.39, 0.29) is 6.10 Å². The molecule has 0 aliphatic heterocycles. The molecular weight excluding hydrogens is 416 g/mol. The van der Waals surface area contributed by atoms with E-state index in [9.17, 15) is 0 Å². The minimum absolute atomic E-state index is 0.114. The van der Waals surface area contributed by atoms with Gasteiger partial charge in [-0.3, -0.25) is 0 Å². The van der Waals surface area contributed by atoms with E-state index in [2.05, 4.69) is 52.1 Å². The molecule has 162 valence electrons. The standard InChI is InChI=1S/C23H41BrN2O2/c1-6-9-13-26(14-10-7-2)15-11-12-25-18-20-16-21(24)23(28-19(4)5)22(17-20)27-8-3/h16-17,19,25H,6-15,18H2,1-5H3.